The van der Waals surface area contributed by atoms with Crippen molar-refractivity contribution in [3.8, 4) is 0 Å². The van der Waals surface area contributed by atoms with Crippen molar-refractivity contribution in [3.05, 3.63) is 29.6 Å². The number of nitrogens with one attached hydrogen (secondary N) is 1. The zero-order chi connectivity index (χ0) is 15.6. The lowest BCUT2D eigenvalue weighted by atomic mass is 9.99. The zero-order valence-corrected chi connectivity index (χ0v) is 12.1. The van der Waals surface area contributed by atoms with E-state index in [1.54, 1.807) is 6.92 Å². The predicted octanol–water partition coefficient (Wildman–Crippen LogP) is 3.16. The van der Waals surface area contributed by atoms with E-state index in [1.165, 1.54) is 0 Å². The van der Waals surface area contributed by atoms with Gasteiger partial charge in [0.05, 0.1) is 11.7 Å². The van der Waals surface area contributed by atoms with Crippen LogP contribution in [-0.4, -0.2) is 29.9 Å². The van der Waals surface area contributed by atoms with Gasteiger partial charge in [0.1, 0.15) is 0 Å². The smallest absolute Gasteiger partial charge is 0.241 e. The molecule has 0 aromatic heterocycles. The van der Waals surface area contributed by atoms with Gasteiger partial charge in [-0.05, 0) is 44.4 Å². The number of hydrogen-bond acceptors (Lipinski definition) is 2. The summed E-state index contributed by atoms with van der Waals surface area (Å²) >= 11 is 0. The van der Waals surface area contributed by atoms with Gasteiger partial charge in [-0.25, -0.2) is 13.2 Å². The molecule has 0 spiro atoms. The van der Waals surface area contributed by atoms with E-state index >= 15 is 0 Å². The molecule has 1 aromatic carbocycles. The molecule has 0 bridgehead atoms. The van der Waals surface area contributed by atoms with E-state index in [4.69, 9.17) is 0 Å². The lowest BCUT2D eigenvalue weighted by Gasteiger charge is -2.34. The number of rotatable bonds is 3. The van der Waals surface area contributed by atoms with Crippen LogP contribution in [0.25, 0.3) is 0 Å². The fourth-order valence-corrected chi connectivity index (χ4v) is 2.60. The van der Waals surface area contributed by atoms with Gasteiger partial charge in [-0.1, -0.05) is 6.92 Å². The molecule has 1 heterocycles. The van der Waals surface area contributed by atoms with Gasteiger partial charge in [-0.3, -0.25) is 9.69 Å². The third-order valence-electron chi connectivity index (χ3n) is 3.91. The summed E-state index contributed by atoms with van der Waals surface area (Å²) in [5, 5.41) is 2.33. The second-order valence-corrected chi connectivity index (χ2v) is 5.63. The molecule has 6 heteroatoms. The van der Waals surface area contributed by atoms with Crippen molar-refractivity contribution in [1.82, 2.24) is 4.90 Å². The molecule has 1 fully saturated rings. The highest BCUT2D eigenvalue weighted by Gasteiger charge is 2.26. The number of likely N-dealkylation sites (tertiary alicyclic amines) is 1. The molecular weight excluding hydrogens is 281 g/mol. The fourth-order valence-electron chi connectivity index (χ4n) is 2.60. The maximum Gasteiger partial charge on any atom is 0.241 e. The summed E-state index contributed by atoms with van der Waals surface area (Å²) < 4.78 is 39.5. The van der Waals surface area contributed by atoms with E-state index < -0.39 is 29.4 Å². The van der Waals surface area contributed by atoms with E-state index in [2.05, 4.69) is 12.2 Å². The van der Waals surface area contributed by atoms with E-state index in [0.29, 0.717) is 5.92 Å². The van der Waals surface area contributed by atoms with Gasteiger partial charge in [0.2, 0.25) is 5.91 Å². The number of carbonyl (C=O) groups excluding carboxylic acids is 1. The summed E-state index contributed by atoms with van der Waals surface area (Å²) in [6.07, 6.45) is 2.14. The van der Waals surface area contributed by atoms with Gasteiger partial charge in [0.15, 0.2) is 17.5 Å². The van der Waals surface area contributed by atoms with Crippen molar-refractivity contribution in [2.45, 2.75) is 32.7 Å². The Morgan fingerprint density at radius 3 is 2.71 bits per heavy atom. The number of benzene rings is 1. The Kier molecular flexibility index (Phi) is 4.88. The van der Waals surface area contributed by atoms with Crippen LogP contribution < -0.4 is 5.32 Å². The van der Waals surface area contributed by atoms with Crippen molar-refractivity contribution < 1.29 is 18.0 Å². The minimum atomic E-state index is -1.58. The highest BCUT2D eigenvalue weighted by atomic mass is 19.2. The molecular formula is C15H19F3N2O. The van der Waals surface area contributed by atoms with Gasteiger partial charge >= 0.3 is 0 Å². The van der Waals surface area contributed by atoms with Crippen molar-refractivity contribution >= 4 is 11.6 Å². The zero-order valence-electron chi connectivity index (χ0n) is 12.1. The van der Waals surface area contributed by atoms with Crippen LogP contribution in [0.15, 0.2) is 12.1 Å². The molecule has 21 heavy (non-hydrogen) atoms. The Morgan fingerprint density at radius 2 is 2.05 bits per heavy atom. The summed E-state index contributed by atoms with van der Waals surface area (Å²) in [6, 6.07) is 1.37. The topological polar surface area (TPSA) is 32.3 Å². The van der Waals surface area contributed by atoms with E-state index in [-0.39, 0.29) is 5.69 Å². The minimum Gasteiger partial charge on any atom is -0.322 e. The molecule has 1 N–H and O–H groups in total. The fraction of sp³-hybridized carbons (Fsp3) is 0.533. The van der Waals surface area contributed by atoms with E-state index in [1.807, 2.05) is 4.90 Å². The summed E-state index contributed by atoms with van der Waals surface area (Å²) in [6.45, 7) is 5.45. The first-order valence-electron chi connectivity index (χ1n) is 7.08. The number of nitrogens with zero attached hydrogens (tertiary/aromatic N) is 1. The quantitative estimate of drug-likeness (QED) is 0.870. The third kappa shape index (κ3) is 3.56. The standard InChI is InChI=1S/C15H19F3N2O/c1-9-4-3-7-20(8-9)10(2)15(21)19-12-6-5-11(16)13(17)14(12)18/h5-6,9-10H,3-4,7-8H2,1-2H3,(H,19,21)/t9-,10+/m1/s1. The number of amides is 1. The van der Waals surface area contributed by atoms with Crippen LogP contribution in [0.5, 0.6) is 0 Å². The Bertz CT molecular complexity index is 536. The van der Waals surface area contributed by atoms with Crippen LogP contribution in [0.3, 0.4) is 0 Å². The Balaban J connectivity index is 2.05. The first-order valence-corrected chi connectivity index (χ1v) is 7.08. The molecule has 1 amide bonds. The molecule has 1 aliphatic rings. The van der Waals surface area contributed by atoms with Crippen LogP contribution in [-0.2, 0) is 4.79 Å². The first-order chi connectivity index (χ1) is 9.90. The molecule has 0 radical (unpaired) electrons. The van der Waals surface area contributed by atoms with E-state index in [0.717, 1.165) is 38.1 Å². The molecule has 2 rings (SSSR count). The normalized spacial score (nSPS) is 21.1. The highest BCUT2D eigenvalue weighted by Crippen LogP contribution is 2.21. The predicted molar refractivity (Wildman–Crippen MR) is 74.4 cm³/mol. The molecule has 116 valence electrons. The summed E-state index contributed by atoms with van der Waals surface area (Å²) in [5.74, 6) is -4.14. The van der Waals surface area contributed by atoms with Crippen molar-refractivity contribution in [2.75, 3.05) is 18.4 Å². The van der Waals surface area contributed by atoms with Crippen LogP contribution in [0, 0.1) is 23.4 Å². The van der Waals surface area contributed by atoms with Crippen LogP contribution >= 0.6 is 0 Å². The molecule has 3 nitrogen and oxygen atoms in total. The lowest BCUT2D eigenvalue weighted by molar-refractivity contribution is -0.121. The van der Waals surface area contributed by atoms with E-state index in [9.17, 15) is 18.0 Å². The number of anilines is 1. The SMILES string of the molecule is C[C@@H]1CCCN([C@@H](C)C(=O)Nc2ccc(F)c(F)c2F)C1. The number of halogens is 3. The Morgan fingerprint density at radius 1 is 1.33 bits per heavy atom. The minimum absolute atomic E-state index is 0.337. The lowest BCUT2D eigenvalue weighted by Crippen LogP contribution is -2.46. The summed E-state index contributed by atoms with van der Waals surface area (Å²) in [4.78, 5) is 14.1. The van der Waals surface area contributed by atoms with Crippen molar-refractivity contribution in [3.63, 3.8) is 0 Å². The van der Waals surface area contributed by atoms with Gasteiger partial charge < -0.3 is 5.32 Å². The Hall–Kier alpha value is -1.56. The van der Waals surface area contributed by atoms with Crippen molar-refractivity contribution in [1.29, 1.82) is 0 Å². The molecule has 0 saturated carbocycles. The number of carbonyl (C=O) groups is 1. The molecule has 1 saturated heterocycles. The second-order valence-electron chi connectivity index (χ2n) is 5.63. The first kappa shape index (κ1) is 15.8. The van der Waals surface area contributed by atoms with Gasteiger partial charge in [-0.2, -0.15) is 0 Å². The molecule has 2 atom stereocenters. The van der Waals surface area contributed by atoms with Gasteiger partial charge in [0, 0.05) is 6.54 Å². The average Bonchev–Trinajstić information content (AvgIpc) is 2.47. The maximum atomic E-state index is 13.5. The van der Waals surface area contributed by atoms with Crippen LogP contribution in [0.4, 0.5) is 18.9 Å². The average molecular weight is 300 g/mol. The van der Waals surface area contributed by atoms with Gasteiger partial charge in [-0.15, -0.1) is 0 Å². The molecule has 0 unspecified atom stereocenters. The van der Waals surface area contributed by atoms with Gasteiger partial charge in [0.25, 0.3) is 0 Å². The molecule has 0 aliphatic carbocycles. The van der Waals surface area contributed by atoms with Crippen LogP contribution in [0.2, 0.25) is 0 Å². The van der Waals surface area contributed by atoms with Crippen molar-refractivity contribution in [2.24, 2.45) is 5.92 Å². The second kappa shape index (κ2) is 6.47. The molecule has 1 aliphatic heterocycles. The monoisotopic (exact) mass is 300 g/mol. The summed E-state index contributed by atoms with van der Waals surface area (Å²) in [7, 11) is 0. The third-order valence-corrected chi connectivity index (χ3v) is 3.91. The summed E-state index contributed by atoms with van der Waals surface area (Å²) in [5.41, 5.74) is -0.337. The maximum absolute atomic E-state index is 13.5. The molecule has 1 aromatic rings. The van der Waals surface area contributed by atoms with Crippen LogP contribution in [0.1, 0.15) is 26.7 Å². The largest absolute Gasteiger partial charge is 0.322 e. The highest BCUT2D eigenvalue weighted by molar-refractivity contribution is 5.94. The number of piperidine rings is 1. The number of hydrogen-bond donors (Lipinski definition) is 1. The Labute approximate surface area is 122 Å².